The van der Waals surface area contributed by atoms with Gasteiger partial charge in [-0.15, -0.1) is 12.4 Å². The molecule has 0 bridgehead atoms. The first kappa shape index (κ1) is 11.2. The standard InChI is InChI=1S/C7H13NO3S.ClH/c9-12(10)4-1-7(6-12)5-8-2-3-11-7;/h8H,1-6H2;1H. The molecule has 0 aromatic rings. The van der Waals surface area contributed by atoms with Gasteiger partial charge < -0.3 is 10.1 Å². The van der Waals surface area contributed by atoms with Gasteiger partial charge in [-0.1, -0.05) is 0 Å². The van der Waals surface area contributed by atoms with Gasteiger partial charge in [0.2, 0.25) is 0 Å². The summed E-state index contributed by atoms with van der Waals surface area (Å²) in [5.74, 6) is 0.488. The zero-order chi connectivity index (χ0) is 8.66. The largest absolute Gasteiger partial charge is 0.371 e. The summed E-state index contributed by atoms with van der Waals surface area (Å²) < 4.78 is 27.9. The Morgan fingerprint density at radius 2 is 2.15 bits per heavy atom. The normalized spacial score (nSPS) is 37.2. The quantitative estimate of drug-likeness (QED) is 0.611. The predicted molar refractivity (Wildman–Crippen MR) is 52.1 cm³/mol. The van der Waals surface area contributed by atoms with Gasteiger partial charge in [-0.3, -0.25) is 0 Å². The Hall–Kier alpha value is 0.160. The molecule has 1 unspecified atom stereocenters. The monoisotopic (exact) mass is 227 g/mol. The highest BCUT2D eigenvalue weighted by Gasteiger charge is 2.44. The van der Waals surface area contributed by atoms with Gasteiger partial charge in [0, 0.05) is 13.1 Å². The summed E-state index contributed by atoms with van der Waals surface area (Å²) in [7, 11) is -2.82. The van der Waals surface area contributed by atoms with Crippen molar-refractivity contribution in [3.05, 3.63) is 0 Å². The van der Waals surface area contributed by atoms with Crippen LogP contribution in [0.1, 0.15) is 6.42 Å². The lowest BCUT2D eigenvalue weighted by molar-refractivity contribution is -0.0465. The van der Waals surface area contributed by atoms with Crippen molar-refractivity contribution in [3.8, 4) is 0 Å². The van der Waals surface area contributed by atoms with Crippen LogP contribution in [0.3, 0.4) is 0 Å². The van der Waals surface area contributed by atoms with Crippen molar-refractivity contribution in [3.63, 3.8) is 0 Å². The van der Waals surface area contributed by atoms with E-state index in [9.17, 15) is 8.42 Å². The van der Waals surface area contributed by atoms with Gasteiger partial charge in [-0.25, -0.2) is 8.42 Å². The Morgan fingerprint density at radius 3 is 2.62 bits per heavy atom. The highest BCUT2D eigenvalue weighted by atomic mass is 35.5. The first-order valence-corrected chi connectivity index (χ1v) is 5.99. The summed E-state index contributed by atoms with van der Waals surface area (Å²) in [6, 6.07) is 0. The van der Waals surface area contributed by atoms with E-state index in [2.05, 4.69) is 5.32 Å². The first-order chi connectivity index (χ1) is 5.62. The molecule has 2 aliphatic rings. The second kappa shape index (κ2) is 3.73. The zero-order valence-electron chi connectivity index (χ0n) is 7.28. The molecule has 13 heavy (non-hydrogen) atoms. The molecule has 0 amide bonds. The van der Waals surface area contributed by atoms with E-state index < -0.39 is 15.4 Å². The molecule has 2 heterocycles. The topological polar surface area (TPSA) is 55.4 Å². The second-order valence-electron chi connectivity index (χ2n) is 3.55. The third-order valence-corrected chi connectivity index (χ3v) is 4.28. The maximum Gasteiger partial charge on any atom is 0.153 e. The molecule has 2 saturated heterocycles. The molecule has 4 nitrogen and oxygen atoms in total. The SMILES string of the molecule is Cl.O=S1(=O)CCC2(CNCCO2)C1. The van der Waals surface area contributed by atoms with Gasteiger partial charge in [0.05, 0.1) is 23.7 Å². The third-order valence-electron chi connectivity index (χ3n) is 2.49. The molecule has 0 aromatic carbocycles. The summed E-state index contributed by atoms with van der Waals surface area (Å²) >= 11 is 0. The van der Waals surface area contributed by atoms with E-state index in [1.807, 2.05) is 0 Å². The van der Waals surface area contributed by atoms with Crippen LogP contribution in [0.2, 0.25) is 0 Å². The molecule has 1 atom stereocenters. The minimum Gasteiger partial charge on any atom is -0.371 e. The number of hydrogen-bond donors (Lipinski definition) is 1. The molecule has 6 heteroatoms. The minimum absolute atomic E-state index is 0. The maximum atomic E-state index is 11.2. The van der Waals surface area contributed by atoms with E-state index in [4.69, 9.17) is 4.74 Å². The lowest BCUT2D eigenvalue weighted by Gasteiger charge is -2.32. The van der Waals surface area contributed by atoms with Crippen LogP contribution in [-0.2, 0) is 14.6 Å². The molecule has 78 valence electrons. The van der Waals surface area contributed by atoms with Crippen LogP contribution >= 0.6 is 12.4 Å². The van der Waals surface area contributed by atoms with Crippen LogP contribution in [0.4, 0.5) is 0 Å². The molecule has 0 aliphatic carbocycles. The van der Waals surface area contributed by atoms with Crippen LogP contribution in [0, 0.1) is 0 Å². The lowest BCUT2D eigenvalue weighted by Crippen LogP contribution is -2.50. The molecular formula is C7H14ClNO3S. The zero-order valence-corrected chi connectivity index (χ0v) is 8.92. The smallest absolute Gasteiger partial charge is 0.153 e. The molecule has 0 aromatic heterocycles. The summed E-state index contributed by atoms with van der Waals surface area (Å²) in [6.45, 7) is 2.16. The molecule has 2 rings (SSSR count). The first-order valence-electron chi connectivity index (χ1n) is 4.17. The van der Waals surface area contributed by atoms with Crippen LogP contribution in [-0.4, -0.2) is 45.2 Å². The van der Waals surface area contributed by atoms with Crippen molar-refractivity contribution >= 4 is 22.2 Å². The van der Waals surface area contributed by atoms with Crippen molar-refractivity contribution in [1.29, 1.82) is 0 Å². The Bertz CT molecular complexity index is 271. The second-order valence-corrected chi connectivity index (χ2v) is 5.73. The van der Waals surface area contributed by atoms with E-state index >= 15 is 0 Å². The van der Waals surface area contributed by atoms with E-state index in [0.29, 0.717) is 19.6 Å². The number of halogens is 1. The fourth-order valence-corrected chi connectivity index (χ4v) is 3.81. The van der Waals surface area contributed by atoms with Gasteiger partial charge >= 0.3 is 0 Å². The summed E-state index contributed by atoms with van der Waals surface area (Å²) in [5, 5.41) is 3.17. The molecule has 1 N–H and O–H groups in total. The molecule has 2 fully saturated rings. The van der Waals surface area contributed by atoms with Crippen LogP contribution < -0.4 is 5.32 Å². The van der Waals surface area contributed by atoms with Gasteiger partial charge in [-0.2, -0.15) is 0 Å². The van der Waals surface area contributed by atoms with Crippen molar-refractivity contribution in [2.75, 3.05) is 31.2 Å². The fourth-order valence-electron chi connectivity index (χ4n) is 1.85. The van der Waals surface area contributed by atoms with Crippen LogP contribution in [0.5, 0.6) is 0 Å². The average Bonchev–Trinajstić information content (AvgIpc) is 2.29. The number of hydrogen-bond acceptors (Lipinski definition) is 4. The highest BCUT2D eigenvalue weighted by Crippen LogP contribution is 2.27. The summed E-state index contributed by atoms with van der Waals surface area (Å²) in [4.78, 5) is 0. The van der Waals surface area contributed by atoms with E-state index in [0.717, 1.165) is 6.54 Å². The highest BCUT2D eigenvalue weighted by molar-refractivity contribution is 7.91. The molecular weight excluding hydrogens is 214 g/mol. The Balaban J connectivity index is 0.000000845. The van der Waals surface area contributed by atoms with Crippen molar-refractivity contribution in [1.82, 2.24) is 5.32 Å². The molecule has 2 aliphatic heterocycles. The van der Waals surface area contributed by atoms with Gasteiger partial charge in [-0.05, 0) is 6.42 Å². The van der Waals surface area contributed by atoms with Crippen molar-refractivity contribution < 1.29 is 13.2 Å². The number of morpholine rings is 1. The predicted octanol–water partition coefficient (Wildman–Crippen LogP) is -0.415. The van der Waals surface area contributed by atoms with E-state index in [1.165, 1.54) is 0 Å². The third kappa shape index (κ3) is 2.34. The average molecular weight is 228 g/mol. The minimum atomic E-state index is -2.82. The summed E-state index contributed by atoms with van der Waals surface area (Å²) in [5.41, 5.74) is -0.392. The number of rotatable bonds is 0. The fraction of sp³-hybridized carbons (Fsp3) is 1.00. The van der Waals surface area contributed by atoms with Crippen molar-refractivity contribution in [2.45, 2.75) is 12.0 Å². The van der Waals surface area contributed by atoms with Crippen LogP contribution in [0.15, 0.2) is 0 Å². The molecule has 1 spiro atoms. The van der Waals surface area contributed by atoms with Gasteiger partial charge in [0.15, 0.2) is 9.84 Å². The Kier molecular flexibility index (Phi) is 3.22. The van der Waals surface area contributed by atoms with Crippen LogP contribution in [0.25, 0.3) is 0 Å². The van der Waals surface area contributed by atoms with E-state index in [-0.39, 0.29) is 23.9 Å². The molecule has 0 saturated carbocycles. The number of nitrogens with one attached hydrogen (secondary N) is 1. The Morgan fingerprint density at radius 1 is 1.38 bits per heavy atom. The number of sulfone groups is 1. The lowest BCUT2D eigenvalue weighted by atomic mass is 10.0. The van der Waals surface area contributed by atoms with Crippen molar-refractivity contribution in [2.24, 2.45) is 0 Å². The summed E-state index contributed by atoms with van der Waals surface area (Å²) in [6.07, 6.45) is 0.655. The van der Waals surface area contributed by atoms with Gasteiger partial charge in [0.25, 0.3) is 0 Å². The van der Waals surface area contributed by atoms with E-state index in [1.54, 1.807) is 0 Å². The maximum absolute atomic E-state index is 11.2. The molecule has 0 radical (unpaired) electrons. The van der Waals surface area contributed by atoms with Gasteiger partial charge in [0.1, 0.15) is 0 Å². The Labute approximate surface area is 84.4 Å². The number of ether oxygens (including phenoxy) is 1.